The fraction of sp³-hybridized carbons (Fsp3) is 0.385. The van der Waals surface area contributed by atoms with Crippen LogP contribution < -0.4 is 5.32 Å². The molecule has 0 spiro atoms. The summed E-state index contributed by atoms with van der Waals surface area (Å²) < 4.78 is 39.0. The normalized spacial score (nSPS) is 22.7. The molecule has 2 unspecified atom stereocenters. The van der Waals surface area contributed by atoms with Gasteiger partial charge in [0.15, 0.2) is 17.5 Å². The van der Waals surface area contributed by atoms with Crippen LogP contribution in [0.25, 0.3) is 0 Å². The highest BCUT2D eigenvalue weighted by atomic mass is 19.2. The number of hydrogen-bond acceptors (Lipinski definition) is 2. The topological polar surface area (TPSA) is 52.9 Å². The summed E-state index contributed by atoms with van der Waals surface area (Å²) in [5.41, 5.74) is 0.165. The monoisotopic (exact) mass is 268 g/mol. The third-order valence-corrected chi connectivity index (χ3v) is 3.24. The molecule has 1 fully saturated rings. The van der Waals surface area contributed by atoms with Crippen LogP contribution in [-0.2, 0) is 11.2 Å². The van der Waals surface area contributed by atoms with E-state index in [-0.39, 0.29) is 17.9 Å². The van der Waals surface area contributed by atoms with Crippen molar-refractivity contribution in [1.82, 2.24) is 5.32 Å². The van der Waals surface area contributed by atoms with Crippen molar-refractivity contribution in [3.05, 3.63) is 35.1 Å². The van der Waals surface area contributed by atoms with Crippen molar-refractivity contribution in [2.24, 2.45) is 11.8 Å². The van der Waals surface area contributed by atoms with Crippen LogP contribution in [0.5, 0.6) is 0 Å². The van der Waals surface area contributed by atoms with Crippen molar-refractivity contribution in [2.75, 3.05) is 6.54 Å². The molecule has 0 saturated carbocycles. The lowest BCUT2D eigenvalue weighted by atomic mass is 9.82. The second-order valence-corrected chi connectivity index (χ2v) is 4.50. The molecule has 0 radical (unpaired) electrons. The van der Waals surface area contributed by atoms with Gasteiger partial charge in [0, 0.05) is 6.54 Å². The molecule has 0 aliphatic carbocycles. The summed E-state index contributed by atoms with van der Waals surface area (Å²) in [6.07, 6.45) is 0.511. The van der Waals surface area contributed by atoms with Gasteiger partial charge in [0.1, 0.15) is 0 Å². The summed E-state index contributed by atoms with van der Waals surface area (Å²) in [5.74, 6) is -5.59. The van der Waals surface area contributed by atoms with E-state index in [2.05, 4.69) is 5.32 Å². The number of carbonyl (C=O) groups excluding carboxylic acids is 1. The van der Waals surface area contributed by atoms with Crippen LogP contribution in [0.4, 0.5) is 13.2 Å². The molecule has 100 valence electrons. The average molecular weight is 268 g/mol. The van der Waals surface area contributed by atoms with E-state index in [1.54, 1.807) is 0 Å². The number of rotatable bonds is 2. The summed E-state index contributed by atoms with van der Waals surface area (Å²) in [7, 11) is 0. The lowest BCUT2D eigenvalue weighted by Gasteiger charge is -2.26. The first-order valence-corrected chi connectivity index (χ1v) is 5.83. The standard InChI is InChI=1S/C13H11F3N2O/c14-10-4-7(5-11(15)12(10)16)3-9-8(6-17)1-2-18-13(9)19/h4-5,8-9H,1-3H2,(H,18,19). The van der Waals surface area contributed by atoms with Crippen LogP contribution in [0.2, 0.25) is 0 Å². The molecular formula is C13H11F3N2O. The first-order valence-electron chi connectivity index (χ1n) is 5.83. The molecule has 6 heteroatoms. The van der Waals surface area contributed by atoms with Crippen molar-refractivity contribution in [3.8, 4) is 6.07 Å². The van der Waals surface area contributed by atoms with Gasteiger partial charge in [-0.2, -0.15) is 5.26 Å². The molecular weight excluding hydrogens is 257 g/mol. The van der Waals surface area contributed by atoms with E-state index in [0.29, 0.717) is 13.0 Å². The van der Waals surface area contributed by atoms with Gasteiger partial charge in [0.2, 0.25) is 5.91 Å². The second kappa shape index (κ2) is 5.31. The summed E-state index contributed by atoms with van der Waals surface area (Å²) in [6, 6.07) is 3.73. The molecule has 0 aromatic heterocycles. The Labute approximate surface area is 108 Å². The van der Waals surface area contributed by atoms with Gasteiger partial charge in [-0.1, -0.05) is 0 Å². The maximum atomic E-state index is 13.1. The zero-order valence-corrected chi connectivity index (χ0v) is 9.92. The number of piperidine rings is 1. The zero-order chi connectivity index (χ0) is 14.0. The lowest BCUT2D eigenvalue weighted by molar-refractivity contribution is -0.127. The fourth-order valence-electron chi connectivity index (χ4n) is 2.24. The molecule has 1 aliphatic heterocycles. The lowest BCUT2D eigenvalue weighted by Crippen LogP contribution is -2.42. The smallest absolute Gasteiger partial charge is 0.224 e. The quantitative estimate of drug-likeness (QED) is 0.833. The molecule has 1 aliphatic rings. The van der Waals surface area contributed by atoms with Crippen molar-refractivity contribution in [3.63, 3.8) is 0 Å². The number of nitrogens with zero attached hydrogens (tertiary/aromatic N) is 1. The van der Waals surface area contributed by atoms with E-state index in [1.807, 2.05) is 6.07 Å². The Morgan fingerprint density at radius 2 is 1.95 bits per heavy atom. The predicted molar refractivity (Wildman–Crippen MR) is 60.2 cm³/mol. The van der Waals surface area contributed by atoms with Gasteiger partial charge in [-0.3, -0.25) is 4.79 Å². The third-order valence-electron chi connectivity index (χ3n) is 3.24. The first kappa shape index (κ1) is 13.4. The maximum Gasteiger partial charge on any atom is 0.224 e. The van der Waals surface area contributed by atoms with E-state index in [0.717, 1.165) is 12.1 Å². The third kappa shape index (κ3) is 2.70. The maximum absolute atomic E-state index is 13.1. The van der Waals surface area contributed by atoms with Gasteiger partial charge in [-0.15, -0.1) is 0 Å². The first-order chi connectivity index (χ1) is 9.02. The Bertz CT molecular complexity index is 530. The molecule has 1 heterocycles. The second-order valence-electron chi connectivity index (χ2n) is 4.50. The number of benzene rings is 1. The van der Waals surface area contributed by atoms with Crippen molar-refractivity contribution >= 4 is 5.91 Å². The van der Waals surface area contributed by atoms with E-state index in [4.69, 9.17) is 5.26 Å². The molecule has 1 amide bonds. The van der Waals surface area contributed by atoms with Crippen LogP contribution in [0.15, 0.2) is 12.1 Å². The molecule has 2 atom stereocenters. The van der Waals surface area contributed by atoms with Gasteiger partial charge in [-0.05, 0) is 30.5 Å². The number of nitrogens with one attached hydrogen (secondary N) is 1. The average Bonchev–Trinajstić information content (AvgIpc) is 2.38. The Morgan fingerprint density at radius 3 is 2.53 bits per heavy atom. The van der Waals surface area contributed by atoms with E-state index in [1.165, 1.54) is 0 Å². The molecule has 2 rings (SSSR count). The van der Waals surface area contributed by atoms with E-state index < -0.39 is 29.3 Å². The summed E-state index contributed by atoms with van der Waals surface area (Å²) in [6.45, 7) is 0.416. The molecule has 1 N–H and O–H groups in total. The van der Waals surface area contributed by atoms with Crippen molar-refractivity contribution in [2.45, 2.75) is 12.8 Å². The largest absolute Gasteiger partial charge is 0.356 e. The molecule has 3 nitrogen and oxygen atoms in total. The minimum Gasteiger partial charge on any atom is -0.356 e. The Morgan fingerprint density at radius 1 is 1.32 bits per heavy atom. The number of halogens is 3. The molecule has 19 heavy (non-hydrogen) atoms. The Kier molecular flexibility index (Phi) is 3.74. The van der Waals surface area contributed by atoms with Gasteiger partial charge in [-0.25, -0.2) is 13.2 Å². The van der Waals surface area contributed by atoms with Gasteiger partial charge >= 0.3 is 0 Å². The van der Waals surface area contributed by atoms with Crippen molar-refractivity contribution < 1.29 is 18.0 Å². The number of nitriles is 1. The van der Waals surface area contributed by atoms with Crippen LogP contribution in [0, 0.1) is 40.6 Å². The van der Waals surface area contributed by atoms with Crippen LogP contribution >= 0.6 is 0 Å². The molecule has 1 aromatic carbocycles. The molecule has 1 saturated heterocycles. The van der Waals surface area contributed by atoms with Crippen LogP contribution in [0.3, 0.4) is 0 Å². The Hall–Kier alpha value is -2.03. The summed E-state index contributed by atoms with van der Waals surface area (Å²) in [4.78, 5) is 11.7. The minimum absolute atomic E-state index is 0.0121. The van der Waals surface area contributed by atoms with Gasteiger partial charge in [0.25, 0.3) is 0 Å². The van der Waals surface area contributed by atoms with Crippen LogP contribution in [-0.4, -0.2) is 12.5 Å². The predicted octanol–water partition coefficient (Wildman–Crippen LogP) is 1.92. The SMILES string of the molecule is N#CC1CCNC(=O)C1Cc1cc(F)c(F)c(F)c1. The molecule has 0 bridgehead atoms. The number of amides is 1. The van der Waals surface area contributed by atoms with Gasteiger partial charge < -0.3 is 5.32 Å². The molecule has 1 aromatic rings. The number of hydrogen-bond donors (Lipinski definition) is 1. The summed E-state index contributed by atoms with van der Waals surface area (Å²) in [5, 5.41) is 11.6. The highest BCUT2D eigenvalue weighted by Crippen LogP contribution is 2.25. The minimum atomic E-state index is -1.53. The van der Waals surface area contributed by atoms with E-state index in [9.17, 15) is 18.0 Å². The highest BCUT2D eigenvalue weighted by Gasteiger charge is 2.32. The van der Waals surface area contributed by atoms with Crippen LogP contribution in [0.1, 0.15) is 12.0 Å². The summed E-state index contributed by atoms with van der Waals surface area (Å²) >= 11 is 0. The number of carbonyl (C=O) groups is 1. The highest BCUT2D eigenvalue weighted by molar-refractivity contribution is 5.80. The van der Waals surface area contributed by atoms with Crippen molar-refractivity contribution in [1.29, 1.82) is 5.26 Å². The van der Waals surface area contributed by atoms with Gasteiger partial charge in [0.05, 0.1) is 17.9 Å². The zero-order valence-electron chi connectivity index (χ0n) is 9.92. The Balaban J connectivity index is 2.24. The van der Waals surface area contributed by atoms with E-state index >= 15 is 0 Å². The fourth-order valence-corrected chi connectivity index (χ4v) is 2.24.